The first-order chi connectivity index (χ1) is 11.9. The Kier molecular flexibility index (Phi) is 5.75. The SMILES string of the molecule is COc1ccc(C(=O)c2cc(OC(C)C)c(OC)cc2N)cc1OC. The summed E-state index contributed by atoms with van der Waals surface area (Å²) in [7, 11) is 4.58. The van der Waals surface area contributed by atoms with Crippen LogP contribution in [0.2, 0.25) is 0 Å². The van der Waals surface area contributed by atoms with E-state index in [9.17, 15) is 4.79 Å². The fourth-order valence-corrected chi connectivity index (χ4v) is 2.41. The van der Waals surface area contributed by atoms with Gasteiger partial charge in [-0.05, 0) is 38.1 Å². The first-order valence-electron chi connectivity index (χ1n) is 7.82. The molecule has 0 fully saturated rings. The smallest absolute Gasteiger partial charge is 0.195 e. The van der Waals surface area contributed by atoms with Crippen LogP contribution in [0.5, 0.6) is 23.0 Å². The van der Waals surface area contributed by atoms with Crippen LogP contribution in [0, 0.1) is 0 Å². The minimum Gasteiger partial charge on any atom is -0.493 e. The molecule has 2 N–H and O–H groups in total. The van der Waals surface area contributed by atoms with Crippen LogP contribution in [0.3, 0.4) is 0 Å². The maximum Gasteiger partial charge on any atom is 0.195 e. The van der Waals surface area contributed by atoms with Crippen molar-refractivity contribution in [2.45, 2.75) is 20.0 Å². The summed E-state index contributed by atoms with van der Waals surface area (Å²) in [5, 5.41) is 0. The molecular weight excluding hydrogens is 322 g/mol. The topological polar surface area (TPSA) is 80.0 Å². The Hall–Kier alpha value is -2.89. The van der Waals surface area contributed by atoms with Crippen molar-refractivity contribution in [1.82, 2.24) is 0 Å². The summed E-state index contributed by atoms with van der Waals surface area (Å²) >= 11 is 0. The second-order valence-electron chi connectivity index (χ2n) is 5.66. The van der Waals surface area contributed by atoms with E-state index in [0.717, 1.165) is 0 Å². The third-order valence-electron chi connectivity index (χ3n) is 3.59. The van der Waals surface area contributed by atoms with Crippen LogP contribution >= 0.6 is 0 Å². The van der Waals surface area contributed by atoms with E-state index < -0.39 is 0 Å². The van der Waals surface area contributed by atoms with Crippen molar-refractivity contribution in [2.24, 2.45) is 0 Å². The maximum atomic E-state index is 12.9. The van der Waals surface area contributed by atoms with Crippen molar-refractivity contribution in [3.8, 4) is 23.0 Å². The molecule has 2 aromatic rings. The van der Waals surface area contributed by atoms with Gasteiger partial charge in [0.25, 0.3) is 0 Å². The average Bonchev–Trinajstić information content (AvgIpc) is 2.61. The molecule has 0 aliphatic rings. The number of hydrogen-bond donors (Lipinski definition) is 1. The van der Waals surface area contributed by atoms with Gasteiger partial charge in [-0.1, -0.05) is 0 Å². The molecule has 0 bridgehead atoms. The number of hydrogen-bond acceptors (Lipinski definition) is 6. The number of ether oxygens (including phenoxy) is 4. The highest BCUT2D eigenvalue weighted by molar-refractivity contribution is 6.12. The Morgan fingerprint density at radius 3 is 2.04 bits per heavy atom. The molecule has 25 heavy (non-hydrogen) atoms. The summed E-state index contributed by atoms with van der Waals surface area (Å²) in [6.45, 7) is 3.79. The Morgan fingerprint density at radius 2 is 1.48 bits per heavy atom. The van der Waals surface area contributed by atoms with Gasteiger partial charge in [-0.25, -0.2) is 0 Å². The zero-order valence-corrected chi connectivity index (χ0v) is 15.1. The fourth-order valence-electron chi connectivity index (χ4n) is 2.41. The highest BCUT2D eigenvalue weighted by Gasteiger charge is 2.19. The van der Waals surface area contributed by atoms with Crippen LogP contribution in [0.4, 0.5) is 5.69 Å². The minimum absolute atomic E-state index is 0.0680. The average molecular weight is 345 g/mol. The lowest BCUT2D eigenvalue weighted by atomic mass is 10.0. The normalized spacial score (nSPS) is 10.5. The molecule has 0 atom stereocenters. The molecule has 0 radical (unpaired) electrons. The number of carbonyl (C=O) groups excluding carboxylic acids is 1. The summed E-state index contributed by atoms with van der Waals surface area (Å²) in [5.41, 5.74) is 7.13. The summed E-state index contributed by atoms with van der Waals surface area (Å²) in [4.78, 5) is 12.9. The Balaban J connectivity index is 2.48. The van der Waals surface area contributed by atoms with Gasteiger partial charge in [0.15, 0.2) is 28.8 Å². The summed E-state index contributed by atoms with van der Waals surface area (Å²) in [6, 6.07) is 8.15. The molecule has 0 heterocycles. The first kappa shape index (κ1) is 18.4. The van der Waals surface area contributed by atoms with Gasteiger partial charge in [-0.15, -0.1) is 0 Å². The van der Waals surface area contributed by atoms with Gasteiger partial charge in [-0.2, -0.15) is 0 Å². The third kappa shape index (κ3) is 3.96. The largest absolute Gasteiger partial charge is 0.493 e. The van der Waals surface area contributed by atoms with Crippen molar-refractivity contribution in [2.75, 3.05) is 27.1 Å². The van der Waals surface area contributed by atoms with Crippen LogP contribution in [-0.2, 0) is 0 Å². The molecule has 0 unspecified atom stereocenters. The molecule has 0 aliphatic carbocycles. The number of methoxy groups -OCH3 is 3. The standard InChI is InChI=1S/C19H23NO5/c1-11(2)25-18-9-13(14(20)10-17(18)24-5)19(21)12-6-7-15(22-3)16(8-12)23-4/h6-11H,20H2,1-5H3. The van der Waals surface area contributed by atoms with E-state index in [-0.39, 0.29) is 11.9 Å². The number of nitrogen functional groups attached to an aromatic ring is 1. The van der Waals surface area contributed by atoms with Crippen LogP contribution in [0.25, 0.3) is 0 Å². The molecule has 6 heteroatoms. The molecule has 0 aromatic heterocycles. The minimum atomic E-state index is -0.241. The third-order valence-corrected chi connectivity index (χ3v) is 3.59. The predicted octanol–water partition coefficient (Wildman–Crippen LogP) is 3.31. The second kappa shape index (κ2) is 7.79. The van der Waals surface area contributed by atoms with Gasteiger partial charge in [0.05, 0.1) is 27.4 Å². The Morgan fingerprint density at radius 1 is 0.880 bits per heavy atom. The molecule has 0 saturated carbocycles. The zero-order chi connectivity index (χ0) is 18.6. The molecule has 0 saturated heterocycles. The highest BCUT2D eigenvalue weighted by atomic mass is 16.5. The molecule has 2 aromatic carbocycles. The monoisotopic (exact) mass is 345 g/mol. The number of nitrogens with two attached hydrogens (primary N) is 1. The lowest BCUT2D eigenvalue weighted by Gasteiger charge is -2.16. The van der Waals surface area contributed by atoms with E-state index in [4.69, 9.17) is 24.7 Å². The fraction of sp³-hybridized carbons (Fsp3) is 0.316. The van der Waals surface area contributed by atoms with Crippen LogP contribution in [0.15, 0.2) is 30.3 Å². The van der Waals surface area contributed by atoms with Crippen molar-refractivity contribution in [3.63, 3.8) is 0 Å². The van der Waals surface area contributed by atoms with Crippen molar-refractivity contribution in [1.29, 1.82) is 0 Å². The number of benzene rings is 2. The van der Waals surface area contributed by atoms with Gasteiger partial charge in [0, 0.05) is 22.9 Å². The lowest BCUT2D eigenvalue weighted by Crippen LogP contribution is -2.10. The van der Waals surface area contributed by atoms with Gasteiger partial charge in [0.2, 0.25) is 0 Å². The van der Waals surface area contributed by atoms with Crippen molar-refractivity contribution >= 4 is 11.5 Å². The van der Waals surface area contributed by atoms with Crippen LogP contribution < -0.4 is 24.7 Å². The van der Waals surface area contributed by atoms with Crippen molar-refractivity contribution in [3.05, 3.63) is 41.5 Å². The summed E-state index contributed by atoms with van der Waals surface area (Å²) in [6.07, 6.45) is -0.0680. The number of ketones is 1. The van der Waals surface area contributed by atoms with E-state index in [1.165, 1.54) is 21.3 Å². The molecule has 6 nitrogen and oxygen atoms in total. The van der Waals surface area contributed by atoms with Crippen molar-refractivity contribution < 1.29 is 23.7 Å². The number of carbonyl (C=O) groups is 1. The van der Waals surface area contributed by atoms with E-state index in [1.807, 2.05) is 13.8 Å². The van der Waals surface area contributed by atoms with E-state index in [1.54, 1.807) is 30.3 Å². The first-order valence-corrected chi connectivity index (χ1v) is 7.82. The molecule has 2 rings (SSSR count). The summed E-state index contributed by atoms with van der Waals surface area (Å²) < 4.78 is 21.5. The quantitative estimate of drug-likeness (QED) is 0.612. The van der Waals surface area contributed by atoms with Crippen LogP contribution in [-0.4, -0.2) is 33.2 Å². The molecule has 0 amide bonds. The van der Waals surface area contributed by atoms with E-state index in [2.05, 4.69) is 0 Å². The van der Waals surface area contributed by atoms with E-state index in [0.29, 0.717) is 39.8 Å². The lowest BCUT2D eigenvalue weighted by molar-refractivity contribution is 0.103. The number of anilines is 1. The molecule has 134 valence electrons. The van der Waals surface area contributed by atoms with Gasteiger partial charge in [-0.3, -0.25) is 4.79 Å². The highest BCUT2D eigenvalue weighted by Crippen LogP contribution is 2.35. The molecule has 0 spiro atoms. The second-order valence-corrected chi connectivity index (χ2v) is 5.66. The summed E-state index contributed by atoms with van der Waals surface area (Å²) in [5.74, 6) is 1.73. The Bertz CT molecular complexity index is 771. The zero-order valence-electron chi connectivity index (χ0n) is 15.1. The maximum absolute atomic E-state index is 12.9. The predicted molar refractivity (Wildman–Crippen MR) is 96.1 cm³/mol. The number of rotatable bonds is 7. The van der Waals surface area contributed by atoms with Crippen LogP contribution in [0.1, 0.15) is 29.8 Å². The Labute approximate surface area is 147 Å². The van der Waals surface area contributed by atoms with E-state index >= 15 is 0 Å². The van der Waals surface area contributed by atoms with Gasteiger partial charge >= 0.3 is 0 Å². The molecule has 0 aliphatic heterocycles. The molecular formula is C19H23NO5. The van der Waals surface area contributed by atoms with Gasteiger partial charge in [0.1, 0.15) is 0 Å². The van der Waals surface area contributed by atoms with Gasteiger partial charge < -0.3 is 24.7 Å².